The van der Waals surface area contributed by atoms with E-state index in [1.165, 1.54) is 31.2 Å². The number of rotatable bonds is 4. The molecule has 2 aromatic carbocycles. The molecule has 1 aliphatic heterocycles. The highest BCUT2D eigenvalue weighted by Crippen LogP contribution is 2.28. The Morgan fingerprint density at radius 3 is 2.56 bits per heavy atom. The Morgan fingerprint density at radius 1 is 1.00 bits per heavy atom. The van der Waals surface area contributed by atoms with Gasteiger partial charge in [0.2, 0.25) is 5.91 Å². The number of hydrogen-bond donors (Lipinski definition) is 1. The van der Waals surface area contributed by atoms with Gasteiger partial charge in [0.25, 0.3) is 5.91 Å². The average molecular weight is 362 g/mol. The molecular weight excluding hydrogens is 336 g/mol. The molecule has 4 rings (SSSR count). The SMILES string of the molecule is O=C(CC1CCCC1)Nc1ccc2c(c1)CN(C(=O)c1ccccc1)CC2. The number of amides is 2. The van der Waals surface area contributed by atoms with Gasteiger partial charge in [0.1, 0.15) is 0 Å². The minimum Gasteiger partial charge on any atom is -0.334 e. The third-order valence-corrected chi connectivity index (χ3v) is 5.76. The van der Waals surface area contributed by atoms with Gasteiger partial charge in [-0.2, -0.15) is 0 Å². The molecule has 2 aromatic rings. The highest BCUT2D eigenvalue weighted by atomic mass is 16.2. The number of nitrogens with zero attached hydrogens (tertiary/aromatic N) is 1. The maximum Gasteiger partial charge on any atom is 0.254 e. The Labute approximate surface area is 160 Å². The van der Waals surface area contributed by atoms with Crippen molar-refractivity contribution in [2.24, 2.45) is 5.92 Å². The first-order chi connectivity index (χ1) is 13.2. The molecular formula is C23H26N2O2. The lowest BCUT2D eigenvalue weighted by Crippen LogP contribution is -2.36. The summed E-state index contributed by atoms with van der Waals surface area (Å²) in [4.78, 5) is 26.9. The molecule has 1 heterocycles. The summed E-state index contributed by atoms with van der Waals surface area (Å²) in [6.07, 6.45) is 6.33. The minimum absolute atomic E-state index is 0.0666. The highest BCUT2D eigenvalue weighted by Gasteiger charge is 2.22. The van der Waals surface area contributed by atoms with E-state index in [0.717, 1.165) is 29.8 Å². The van der Waals surface area contributed by atoms with Gasteiger partial charge in [-0.25, -0.2) is 0 Å². The number of benzene rings is 2. The Hall–Kier alpha value is -2.62. The van der Waals surface area contributed by atoms with Gasteiger partial charge >= 0.3 is 0 Å². The van der Waals surface area contributed by atoms with Gasteiger partial charge in [-0.05, 0) is 60.6 Å². The number of carbonyl (C=O) groups is 2. The van der Waals surface area contributed by atoms with Crippen molar-refractivity contribution in [3.8, 4) is 0 Å². The van der Waals surface area contributed by atoms with E-state index in [2.05, 4.69) is 11.4 Å². The van der Waals surface area contributed by atoms with E-state index in [1.54, 1.807) is 0 Å². The van der Waals surface area contributed by atoms with Crippen LogP contribution < -0.4 is 5.32 Å². The van der Waals surface area contributed by atoms with Crippen molar-refractivity contribution < 1.29 is 9.59 Å². The predicted molar refractivity (Wildman–Crippen MR) is 107 cm³/mol. The van der Waals surface area contributed by atoms with Crippen molar-refractivity contribution in [3.05, 3.63) is 65.2 Å². The summed E-state index contributed by atoms with van der Waals surface area (Å²) in [6, 6.07) is 15.5. The van der Waals surface area contributed by atoms with Crippen LogP contribution in [0.2, 0.25) is 0 Å². The molecule has 0 aromatic heterocycles. The van der Waals surface area contributed by atoms with Crippen molar-refractivity contribution in [1.29, 1.82) is 0 Å². The fourth-order valence-electron chi connectivity index (χ4n) is 4.26. The van der Waals surface area contributed by atoms with Gasteiger partial charge in [-0.15, -0.1) is 0 Å². The zero-order valence-corrected chi connectivity index (χ0v) is 15.6. The van der Waals surface area contributed by atoms with Crippen LogP contribution in [-0.4, -0.2) is 23.3 Å². The molecule has 0 bridgehead atoms. The molecule has 0 radical (unpaired) electrons. The molecule has 0 saturated heterocycles. The average Bonchev–Trinajstić information content (AvgIpc) is 3.20. The molecule has 2 aliphatic rings. The molecule has 2 amide bonds. The van der Waals surface area contributed by atoms with Crippen LogP contribution in [0.1, 0.15) is 53.6 Å². The van der Waals surface area contributed by atoms with Crippen LogP contribution in [0.4, 0.5) is 5.69 Å². The third kappa shape index (κ3) is 4.21. The summed E-state index contributed by atoms with van der Waals surface area (Å²) < 4.78 is 0. The van der Waals surface area contributed by atoms with E-state index in [0.29, 0.717) is 18.9 Å². The lowest BCUT2D eigenvalue weighted by molar-refractivity contribution is -0.117. The largest absolute Gasteiger partial charge is 0.334 e. The van der Waals surface area contributed by atoms with Crippen LogP contribution >= 0.6 is 0 Å². The van der Waals surface area contributed by atoms with Crippen molar-refractivity contribution >= 4 is 17.5 Å². The van der Waals surface area contributed by atoms with Crippen LogP contribution in [0.5, 0.6) is 0 Å². The summed E-state index contributed by atoms with van der Waals surface area (Å²) in [5.74, 6) is 0.716. The monoisotopic (exact) mass is 362 g/mol. The molecule has 0 atom stereocenters. The Kier molecular flexibility index (Phi) is 5.23. The molecule has 0 unspecified atom stereocenters. The summed E-state index contributed by atoms with van der Waals surface area (Å²) in [5, 5.41) is 3.05. The van der Waals surface area contributed by atoms with Gasteiger partial charge in [-0.3, -0.25) is 9.59 Å². The van der Waals surface area contributed by atoms with Crippen molar-refractivity contribution in [3.63, 3.8) is 0 Å². The van der Waals surface area contributed by atoms with Gasteiger partial charge in [0.15, 0.2) is 0 Å². The van der Waals surface area contributed by atoms with Crippen molar-refractivity contribution in [2.75, 3.05) is 11.9 Å². The summed E-state index contributed by atoms with van der Waals surface area (Å²) >= 11 is 0. The van der Waals surface area contributed by atoms with E-state index < -0.39 is 0 Å². The van der Waals surface area contributed by atoms with Crippen LogP contribution in [0.3, 0.4) is 0 Å². The zero-order chi connectivity index (χ0) is 18.6. The third-order valence-electron chi connectivity index (χ3n) is 5.76. The summed E-state index contributed by atoms with van der Waals surface area (Å²) in [5.41, 5.74) is 3.96. The molecule has 4 nitrogen and oxygen atoms in total. The maximum absolute atomic E-state index is 12.7. The van der Waals surface area contributed by atoms with Gasteiger partial charge in [0.05, 0.1) is 0 Å². The zero-order valence-electron chi connectivity index (χ0n) is 15.6. The second-order valence-electron chi connectivity index (χ2n) is 7.73. The predicted octanol–water partition coefficient (Wildman–Crippen LogP) is 4.40. The number of hydrogen-bond acceptors (Lipinski definition) is 2. The van der Waals surface area contributed by atoms with Crippen LogP contribution in [0.15, 0.2) is 48.5 Å². The smallest absolute Gasteiger partial charge is 0.254 e. The standard InChI is InChI=1S/C23H26N2O2/c26-22(14-17-6-4-5-7-17)24-21-11-10-18-12-13-25(16-20(18)15-21)23(27)19-8-2-1-3-9-19/h1-3,8-11,15,17H,4-7,12-14,16H2,(H,24,26). The van der Waals surface area contributed by atoms with Gasteiger partial charge in [-0.1, -0.05) is 37.1 Å². The number of anilines is 1. The Morgan fingerprint density at radius 2 is 1.78 bits per heavy atom. The lowest BCUT2D eigenvalue weighted by atomic mass is 9.98. The normalized spacial score (nSPS) is 16.8. The van der Waals surface area contributed by atoms with Crippen molar-refractivity contribution in [2.45, 2.75) is 45.1 Å². The Balaban J connectivity index is 1.42. The first-order valence-electron chi connectivity index (χ1n) is 9.95. The second kappa shape index (κ2) is 7.95. The molecule has 1 fully saturated rings. The van der Waals surface area contributed by atoms with Gasteiger partial charge < -0.3 is 10.2 Å². The summed E-state index contributed by atoms with van der Waals surface area (Å²) in [6.45, 7) is 1.32. The lowest BCUT2D eigenvalue weighted by Gasteiger charge is -2.29. The molecule has 27 heavy (non-hydrogen) atoms. The second-order valence-corrected chi connectivity index (χ2v) is 7.73. The first-order valence-corrected chi connectivity index (χ1v) is 9.95. The molecule has 0 spiro atoms. The molecule has 4 heteroatoms. The summed E-state index contributed by atoms with van der Waals surface area (Å²) in [7, 11) is 0. The molecule has 1 N–H and O–H groups in total. The topological polar surface area (TPSA) is 49.4 Å². The van der Waals surface area contributed by atoms with E-state index >= 15 is 0 Å². The Bertz CT molecular complexity index is 826. The van der Waals surface area contributed by atoms with Crippen molar-refractivity contribution in [1.82, 2.24) is 4.90 Å². The van der Waals surface area contributed by atoms with E-state index in [1.807, 2.05) is 47.4 Å². The number of fused-ring (bicyclic) bond motifs is 1. The quantitative estimate of drug-likeness (QED) is 0.876. The van der Waals surface area contributed by atoms with E-state index in [-0.39, 0.29) is 11.8 Å². The maximum atomic E-state index is 12.7. The minimum atomic E-state index is 0.0666. The molecule has 140 valence electrons. The highest BCUT2D eigenvalue weighted by molar-refractivity contribution is 5.94. The first kappa shape index (κ1) is 17.8. The van der Waals surface area contributed by atoms with E-state index in [9.17, 15) is 9.59 Å². The number of carbonyl (C=O) groups excluding carboxylic acids is 2. The fourth-order valence-corrected chi connectivity index (χ4v) is 4.26. The van der Waals surface area contributed by atoms with Crippen LogP contribution in [0, 0.1) is 5.92 Å². The van der Waals surface area contributed by atoms with Crippen LogP contribution in [-0.2, 0) is 17.8 Å². The molecule has 1 aliphatic carbocycles. The molecule has 1 saturated carbocycles. The van der Waals surface area contributed by atoms with Gasteiger partial charge in [0, 0.05) is 30.8 Å². The fraction of sp³-hybridized carbons (Fsp3) is 0.391. The number of nitrogens with one attached hydrogen (secondary N) is 1. The van der Waals surface area contributed by atoms with Crippen LogP contribution in [0.25, 0.3) is 0 Å². The van der Waals surface area contributed by atoms with E-state index in [4.69, 9.17) is 0 Å².